The fourth-order valence-electron chi connectivity index (χ4n) is 2.95. The molecule has 8 nitrogen and oxygen atoms in total. The third-order valence-corrected chi connectivity index (χ3v) is 5.07. The van der Waals surface area contributed by atoms with Crippen LogP contribution in [0.1, 0.15) is 42.1 Å². The van der Waals surface area contributed by atoms with Crippen molar-refractivity contribution in [2.24, 2.45) is 0 Å². The summed E-state index contributed by atoms with van der Waals surface area (Å²) in [5.41, 5.74) is 1.16. The lowest BCUT2D eigenvalue weighted by atomic mass is 10.1. The normalized spacial score (nSPS) is 19.5. The molecule has 0 spiro atoms. The van der Waals surface area contributed by atoms with Crippen molar-refractivity contribution in [3.05, 3.63) is 40.0 Å². The number of rotatable bonds is 5. The standard InChI is InChI=1S/C18H22BrN5O3/c1-4-11-8-16(25)22-18(20-11)24-15(7-10(2)23-24)21-17(26)13-9-12(27-3)5-6-14(13)19/h5-7,9,11,18,20H,4,8H2,1-3H3,(H,21,26)(H,22,25). The molecule has 27 heavy (non-hydrogen) atoms. The molecule has 1 fully saturated rings. The third kappa shape index (κ3) is 4.30. The Labute approximate surface area is 165 Å². The van der Waals surface area contributed by atoms with Crippen molar-refractivity contribution in [1.82, 2.24) is 20.4 Å². The number of amides is 2. The van der Waals surface area contributed by atoms with Gasteiger partial charge in [-0.2, -0.15) is 5.10 Å². The monoisotopic (exact) mass is 435 g/mol. The van der Waals surface area contributed by atoms with Crippen LogP contribution in [0.2, 0.25) is 0 Å². The van der Waals surface area contributed by atoms with Crippen LogP contribution in [0.5, 0.6) is 5.75 Å². The molecule has 1 saturated heterocycles. The molecular formula is C18H22BrN5O3. The first kappa shape index (κ1) is 19.4. The average molecular weight is 436 g/mol. The summed E-state index contributed by atoms with van der Waals surface area (Å²) in [5, 5.41) is 13.5. The minimum Gasteiger partial charge on any atom is -0.497 e. The number of carbonyl (C=O) groups excluding carboxylic acids is 2. The number of nitrogens with zero attached hydrogens (tertiary/aromatic N) is 2. The van der Waals surface area contributed by atoms with Crippen LogP contribution < -0.4 is 20.7 Å². The number of methoxy groups -OCH3 is 1. The smallest absolute Gasteiger partial charge is 0.258 e. The second-order valence-electron chi connectivity index (χ2n) is 6.36. The Morgan fingerprint density at radius 2 is 2.22 bits per heavy atom. The molecule has 2 amide bonds. The van der Waals surface area contributed by atoms with Crippen molar-refractivity contribution in [1.29, 1.82) is 0 Å². The number of halogens is 1. The second-order valence-corrected chi connectivity index (χ2v) is 7.22. The van der Waals surface area contributed by atoms with E-state index < -0.39 is 6.29 Å². The molecule has 1 aromatic carbocycles. The average Bonchev–Trinajstić information content (AvgIpc) is 3.01. The molecule has 1 aliphatic rings. The Bertz CT molecular complexity index is 867. The summed E-state index contributed by atoms with van der Waals surface area (Å²) in [7, 11) is 1.55. The zero-order chi connectivity index (χ0) is 19.6. The molecule has 3 rings (SSSR count). The maximum atomic E-state index is 12.8. The van der Waals surface area contributed by atoms with Crippen molar-refractivity contribution in [2.75, 3.05) is 12.4 Å². The van der Waals surface area contributed by atoms with Crippen LogP contribution in [0.25, 0.3) is 0 Å². The van der Waals surface area contributed by atoms with Crippen LogP contribution in [-0.4, -0.2) is 34.7 Å². The van der Waals surface area contributed by atoms with Crippen molar-refractivity contribution < 1.29 is 14.3 Å². The van der Waals surface area contributed by atoms with Crippen LogP contribution in [0.15, 0.2) is 28.7 Å². The maximum Gasteiger partial charge on any atom is 0.258 e. The predicted octanol–water partition coefficient (Wildman–Crippen LogP) is 2.56. The fraction of sp³-hybridized carbons (Fsp3) is 0.389. The summed E-state index contributed by atoms with van der Waals surface area (Å²) in [5.74, 6) is 0.712. The fourth-order valence-corrected chi connectivity index (χ4v) is 3.38. The van der Waals surface area contributed by atoms with E-state index in [-0.39, 0.29) is 17.9 Å². The topological polar surface area (TPSA) is 97.3 Å². The van der Waals surface area contributed by atoms with Gasteiger partial charge in [-0.1, -0.05) is 6.92 Å². The van der Waals surface area contributed by atoms with Crippen molar-refractivity contribution in [3.8, 4) is 5.75 Å². The molecule has 0 aliphatic carbocycles. The van der Waals surface area contributed by atoms with Gasteiger partial charge in [0.15, 0.2) is 6.29 Å². The molecule has 3 N–H and O–H groups in total. The van der Waals surface area contributed by atoms with Crippen LogP contribution in [0.3, 0.4) is 0 Å². The zero-order valence-electron chi connectivity index (χ0n) is 15.4. The van der Waals surface area contributed by atoms with E-state index in [0.717, 1.165) is 12.1 Å². The molecule has 2 heterocycles. The van der Waals surface area contributed by atoms with Gasteiger partial charge in [-0.3, -0.25) is 14.9 Å². The summed E-state index contributed by atoms with van der Waals surface area (Å²) in [4.78, 5) is 24.8. The number of nitrogens with one attached hydrogen (secondary N) is 3. The quantitative estimate of drug-likeness (QED) is 0.670. The highest BCUT2D eigenvalue weighted by atomic mass is 79.9. The van der Waals surface area contributed by atoms with Gasteiger partial charge >= 0.3 is 0 Å². The number of carbonyl (C=O) groups is 2. The van der Waals surface area contributed by atoms with E-state index in [1.54, 1.807) is 36.1 Å². The Kier molecular flexibility index (Phi) is 5.81. The van der Waals surface area contributed by atoms with Gasteiger partial charge < -0.3 is 15.4 Å². The van der Waals surface area contributed by atoms with E-state index in [0.29, 0.717) is 28.0 Å². The Morgan fingerprint density at radius 3 is 2.93 bits per heavy atom. The summed E-state index contributed by atoms with van der Waals surface area (Å²) in [6, 6.07) is 6.99. The molecule has 2 aromatic rings. The van der Waals surface area contributed by atoms with Crippen LogP contribution in [0, 0.1) is 6.92 Å². The molecule has 0 bridgehead atoms. The van der Waals surface area contributed by atoms with E-state index in [1.165, 1.54) is 0 Å². The summed E-state index contributed by atoms with van der Waals surface area (Å²) < 4.78 is 7.43. The Balaban J connectivity index is 1.86. The van der Waals surface area contributed by atoms with Crippen molar-refractivity contribution >= 4 is 33.6 Å². The van der Waals surface area contributed by atoms with Gasteiger partial charge in [0.1, 0.15) is 11.6 Å². The van der Waals surface area contributed by atoms with Crippen LogP contribution in [0.4, 0.5) is 5.82 Å². The van der Waals surface area contributed by atoms with Gasteiger partial charge in [0.2, 0.25) is 5.91 Å². The number of benzene rings is 1. The first-order valence-corrected chi connectivity index (χ1v) is 9.47. The highest BCUT2D eigenvalue weighted by molar-refractivity contribution is 9.10. The van der Waals surface area contributed by atoms with E-state index in [9.17, 15) is 9.59 Å². The molecule has 0 radical (unpaired) electrons. The van der Waals surface area contributed by atoms with Crippen LogP contribution in [-0.2, 0) is 4.79 Å². The lowest BCUT2D eigenvalue weighted by Crippen LogP contribution is -2.53. The van der Waals surface area contributed by atoms with Gasteiger partial charge in [-0.15, -0.1) is 0 Å². The van der Waals surface area contributed by atoms with Gasteiger partial charge in [-0.25, -0.2) is 4.68 Å². The molecular weight excluding hydrogens is 414 g/mol. The molecule has 2 atom stereocenters. The predicted molar refractivity (Wildman–Crippen MR) is 105 cm³/mol. The second kappa shape index (κ2) is 8.10. The van der Waals surface area contributed by atoms with E-state index in [2.05, 4.69) is 37.0 Å². The van der Waals surface area contributed by atoms with E-state index >= 15 is 0 Å². The highest BCUT2D eigenvalue weighted by Crippen LogP contribution is 2.24. The molecule has 2 unspecified atom stereocenters. The Hall–Kier alpha value is -2.39. The molecule has 1 aromatic heterocycles. The lowest BCUT2D eigenvalue weighted by molar-refractivity contribution is -0.125. The number of aryl methyl sites for hydroxylation is 1. The number of hydrogen-bond donors (Lipinski definition) is 3. The first-order chi connectivity index (χ1) is 12.9. The summed E-state index contributed by atoms with van der Waals surface area (Å²) in [6.07, 6.45) is 0.725. The lowest BCUT2D eigenvalue weighted by Gasteiger charge is -2.31. The summed E-state index contributed by atoms with van der Waals surface area (Å²) in [6.45, 7) is 3.85. The van der Waals surface area contributed by atoms with Crippen LogP contribution >= 0.6 is 15.9 Å². The number of hydrogen-bond acceptors (Lipinski definition) is 5. The Morgan fingerprint density at radius 1 is 1.44 bits per heavy atom. The van der Waals surface area contributed by atoms with Gasteiger partial charge in [-0.05, 0) is 47.5 Å². The molecule has 0 saturated carbocycles. The minimum absolute atomic E-state index is 0.0495. The number of ether oxygens (including phenoxy) is 1. The van der Waals surface area contributed by atoms with Gasteiger partial charge in [0, 0.05) is 23.0 Å². The first-order valence-electron chi connectivity index (χ1n) is 8.67. The van der Waals surface area contributed by atoms with Gasteiger partial charge in [0.25, 0.3) is 5.91 Å². The SMILES string of the molecule is CCC1CC(=O)NC(n2nc(C)cc2NC(=O)c2cc(OC)ccc2Br)N1. The van der Waals surface area contributed by atoms with Crippen molar-refractivity contribution in [2.45, 2.75) is 39.0 Å². The highest BCUT2D eigenvalue weighted by Gasteiger charge is 2.28. The summed E-state index contributed by atoms with van der Waals surface area (Å²) >= 11 is 3.39. The largest absolute Gasteiger partial charge is 0.497 e. The van der Waals surface area contributed by atoms with E-state index in [4.69, 9.17) is 4.74 Å². The van der Waals surface area contributed by atoms with Gasteiger partial charge in [0.05, 0.1) is 18.4 Å². The number of anilines is 1. The number of aromatic nitrogens is 2. The van der Waals surface area contributed by atoms with Crippen molar-refractivity contribution in [3.63, 3.8) is 0 Å². The third-order valence-electron chi connectivity index (χ3n) is 4.38. The molecule has 9 heteroatoms. The molecule has 144 valence electrons. The molecule has 1 aliphatic heterocycles. The minimum atomic E-state index is -0.519. The van der Waals surface area contributed by atoms with E-state index in [1.807, 2.05) is 13.8 Å². The zero-order valence-corrected chi connectivity index (χ0v) is 17.0. The maximum absolute atomic E-state index is 12.8.